The molecule has 0 spiro atoms. The maximum Gasteiger partial charge on any atom is 0.335 e. The zero-order chi connectivity index (χ0) is 26.1. The highest BCUT2D eigenvalue weighted by atomic mass is 16.7. The Labute approximate surface area is 211 Å². The number of aromatic amines is 1. The number of aromatic nitrogens is 3. The number of anilines is 1. The van der Waals surface area contributed by atoms with Crippen molar-refractivity contribution in [1.82, 2.24) is 15.0 Å². The Hall–Kier alpha value is -4.03. The standard InChI is InChI=1S/C26H26N4O7/c1-13(14-5-3-2-4-6-14)29-23-17-11-18(30-24(17)28-12-27-23)15-7-9-16(10-8-15)36-26-21(33)19(31)20(32)22(37-26)25(34)35/h2-13,19-22,26,31-33H,1H3,(H,34,35)(H2,27,28,29,30)/t13-,19-,20+,21-,22-,26+/m0/s1. The van der Waals surface area contributed by atoms with Crippen molar-refractivity contribution in [2.45, 2.75) is 43.7 Å². The van der Waals surface area contributed by atoms with E-state index in [0.29, 0.717) is 11.5 Å². The van der Waals surface area contributed by atoms with Gasteiger partial charge in [-0.15, -0.1) is 0 Å². The Balaban J connectivity index is 1.33. The SMILES string of the molecule is C[C@H](Nc1ncnc2[nH]c(-c3ccc(O[C@@H]4O[C@H](C(=O)O)[C@H](O)[C@H](O)[C@@H]4O)cc3)cc12)c1ccccc1. The summed E-state index contributed by atoms with van der Waals surface area (Å²) in [5.74, 6) is -0.507. The Morgan fingerprint density at radius 1 is 1.03 bits per heavy atom. The summed E-state index contributed by atoms with van der Waals surface area (Å²) in [4.78, 5) is 23.3. The Kier molecular flexibility index (Phi) is 6.76. The molecule has 11 heteroatoms. The summed E-state index contributed by atoms with van der Waals surface area (Å²) in [7, 11) is 0. The minimum Gasteiger partial charge on any atom is -0.479 e. The van der Waals surface area contributed by atoms with Gasteiger partial charge in [-0.1, -0.05) is 30.3 Å². The number of H-pyrrole nitrogens is 1. The maximum absolute atomic E-state index is 11.3. The van der Waals surface area contributed by atoms with Crippen LogP contribution in [0.25, 0.3) is 22.3 Å². The molecule has 0 aliphatic carbocycles. The predicted molar refractivity (Wildman–Crippen MR) is 133 cm³/mol. The van der Waals surface area contributed by atoms with Crippen molar-refractivity contribution >= 4 is 22.8 Å². The smallest absolute Gasteiger partial charge is 0.335 e. The monoisotopic (exact) mass is 506 g/mol. The maximum atomic E-state index is 11.3. The van der Waals surface area contributed by atoms with Crippen molar-refractivity contribution in [3.63, 3.8) is 0 Å². The van der Waals surface area contributed by atoms with Crippen molar-refractivity contribution in [3.05, 3.63) is 72.6 Å². The van der Waals surface area contributed by atoms with Gasteiger partial charge in [0, 0.05) is 11.7 Å². The van der Waals surface area contributed by atoms with Crippen LogP contribution in [0.4, 0.5) is 5.82 Å². The van der Waals surface area contributed by atoms with Gasteiger partial charge in [-0.25, -0.2) is 14.8 Å². The lowest BCUT2D eigenvalue weighted by molar-refractivity contribution is -0.271. The van der Waals surface area contributed by atoms with E-state index >= 15 is 0 Å². The number of aliphatic hydroxyl groups excluding tert-OH is 3. The van der Waals surface area contributed by atoms with Crippen LogP contribution >= 0.6 is 0 Å². The highest BCUT2D eigenvalue weighted by Gasteiger charge is 2.48. The van der Waals surface area contributed by atoms with Crippen LogP contribution in [0.1, 0.15) is 18.5 Å². The van der Waals surface area contributed by atoms with E-state index in [2.05, 4.69) is 27.2 Å². The number of nitrogens with zero attached hydrogens (tertiary/aromatic N) is 2. The van der Waals surface area contributed by atoms with Crippen molar-refractivity contribution in [1.29, 1.82) is 0 Å². The van der Waals surface area contributed by atoms with Crippen LogP contribution in [0.5, 0.6) is 5.75 Å². The highest BCUT2D eigenvalue weighted by Crippen LogP contribution is 2.31. The fraction of sp³-hybridized carbons (Fsp3) is 0.269. The van der Waals surface area contributed by atoms with Gasteiger partial charge < -0.3 is 40.2 Å². The summed E-state index contributed by atoms with van der Waals surface area (Å²) in [5.41, 5.74) is 3.40. The molecule has 3 heterocycles. The van der Waals surface area contributed by atoms with Crippen molar-refractivity contribution < 1.29 is 34.7 Å². The molecule has 6 N–H and O–H groups in total. The first-order valence-electron chi connectivity index (χ1n) is 11.7. The minimum absolute atomic E-state index is 0.0341. The fourth-order valence-electron chi connectivity index (χ4n) is 4.24. The second kappa shape index (κ2) is 10.1. The van der Waals surface area contributed by atoms with Crippen LogP contribution < -0.4 is 10.1 Å². The minimum atomic E-state index is -1.78. The lowest BCUT2D eigenvalue weighted by Crippen LogP contribution is -2.61. The number of aliphatic hydroxyl groups is 3. The van der Waals surface area contributed by atoms with Gasteiger partial charge >= 0.3 is 5.97 Å². The molecule has 0 saturated carbocycles. The van der Waals surface area contributed by atoms with Crippen molar-refractivity contribution in [2.75, 3.05) is 5.32 Å². The third-order valence-electron chi connectivity index (χ3n) is 6.31. The average Bonchev–Trinajstić information content (AvgIpc) is 3.35. The summed E-state index contributed by atoms with van der Waals surface area (Å²) in [6.45, 7) is 2.06. The quantitative estimate of drug-likeness (QED) is 0.218. The Morgan fingerprint density at radius 2 is 1.76 bits per heavy atom. The number of carbonyl (C=O) groups is 1. The number of carboxylic acid groups (broad SMARTS) is 1. The number of aliphatic carboxylic acids is 1. The molecule has 0 bridgehead atoms. The predicted octanol–water partition coefficient (Wildman–Crippen LogP) is 2.07. The molecule has 192 valence electrons. The number of hydrogen-bond acceptors (Lipinski definition) is 9. The Bertz CT molecular complexity index is 1380. The number of nitrogens with one attached hydrogen (secondary N) is 2. The molecular weight excluding hydrogens is 480 g/mol. The van der Waals surface area contributed by atoms with E-state index in [9.17, 15) is 25.2 Å². The second-order valence-electron chi connectivity index (χ2n) is 8.82. The molecule has 1 aliphatic heterocycles. The first kappa shape index (κ1) is 24.7. The van der Waals surface area contributed by atoms with E-state index in [4.69, 9.17) is 9.47 Å². The Morgan fingerprint density at radius 3 is 2.46 bits per heavy atom. The summed E-state index contributed by atoms with van der Waals surface area (Å²) in [6.07, 6.45) is -6.88. The molecule has 1 saturated heterocycles. The number of hydrogen-bond donors (Lipinski definition) is 6. The number of fused-ring (bicyclic) bond motifs is 1. The molecule has 2 aromatic carbocycles. The summed E-state index contributed by atoms with van der Waals surface area (Å²) in [5, 5.41) is 43.4. The van der Waals surface area contributed by atoms with Crippen molar-refractivity contribution in [3.8, 4) is 17.0 Å². The molecule has 0 amide bonds. The van der Waals surface area contributed by atoms with Crippen LogP contribution in [-0.2, 0) is 9.53 Å². The lowest BCUT2D eigenvalue weighted by Gasteiger charge is -2.38. The average molecular weight is 507 g/mol. The van der Waals surface area contributed by atoms with Gasteiger partial charge in [-0.3, -0.25) is 0 Å². The second-order valence-corrected chi connectivity index (χ2v) is 8.82. The van der Waals surface area contributed by atoms with E-state index < -0.39 is 36.7 Å². The summed E-state index contributed by atoms with van der Waals surface area (Å²) < 4.78 is 10.7. The van der Waals surface area contributed by atoms with E-state index in [1.54, 1.807) is 24.3 Å². The molecule has 1 fully saturated rings. The molecule has 11 nitrogen and oxygen atoms in total. The molecule has 2 aromatic heterocycles. The topological polar surface area (TPSA) is 170 Å². The number of ether oxygens (including phenoxy) is 2. The lowest BCUT2D eigenvalue weighted by atomic mass is 9.99. The molecular formula is C26H26N4O7. The van der Waals surface area contributed by atoms with E-state index in [0.717, 1.165) is 22.2 Å². The summed E-state index contributed by atoms with van der Waals surface area (Å²) in [6, 6.07) is 18.8. The zero-order valence-electron chi connectivity index (χ0n) is 19.7. The van der Waals surface area contributed by atoms with Gasteiger partial charge in [0.15, 0.2) is 6.10 Å². The normalized spacial score (nSPS) is 24.5. The fourth-order valence-corrected chi connectivity index (χ4v) is 4.24. The highest BCUT2D eigenvalue weighted by molar-refractivity contribution is 5.91. The van der Waals surface area contributed by atoms with Crippen LogP contribution in [0.15, 0.2) is 67.0 Å². The molecule has 4 aromatic rings. The zero-order valence-corrected chi connectivity index (χ0v) is 19.7. The van der Waals surface area contributed by atoms with E-state index in [1.807, 2.05) is 36.4 Å². The number of carboxylic acids is 1. The van der Waals surface area contributed by atoms with Gasteiger partial charge in [-0.05, 0) is 48.4 Å². The largest absolute Gasteiger partial charge is 0.479 e. The van der Waals surface area contributed by atoms with Gasteiger partial charge in [0.1, 0.15) is 41.9 Å². The van der Waals surface area contributed by atoms with Crippen LogP contribution in [0.3, 0.4) is 0 Å². The van der Waals surface area contributed by atoms with Crippen LogP contribution in [-0.4, -0.2) is 72.1 Å². The van der Waals surface area contributed by atoms with Gasteiger partial charge in [0.2, 0.25) is 6.29 Å². The summed E-state index contributed by atoms with van der Waals surface area (Å²) >= 11 is 0. The first-order chi connectivity index (χ1) is 17.8. The molecule has 0 radical (unpaired) electrons. The van der Waals surface area contributed by atoms with E-state index in [-0.39, 0.29) is 11.8 Å². The van der Waals surface area contributed by atoms with Crippen LogP contribution in [0.2, 0.25) is 0 Å². The van der Waals surface area contributed by atoms with Gasteiger partial charge in [0.25, 0.3) is 0 Å². The molecule has 37 heavy (non-hydrogen) atoms. The molecule has 1 aliphatic rings. The first-order valence-corrected chi connectivity index (χ1v) is 11.7. The van der Waals surface area contributed by atoms with Gasteiger partial charge in [-0.2, -0.15) is 0 Å². The molecule has 5 rings (SSSR count). The number of rotatable bonds is 7. The number of benzene rings is 2. The third kappa shape index (κ3) is 4.98. The molecule has 0 unspecified atom stereocenters. The van der Waals surface area contributed by atoms with E-state index in [1.165, 1.54) is 6.33 Å². The van der Waals surface area contributed by atoms with Crippen molar-refractivity contribution in [2.24, 2.45) is 0 Å². The van der Waals surface area contributed by atoms with Crippen LogP contribution in [0, 0.1) is 0 Å². The molecule has 6 atom stereocenters. The van der Waals surface area contributed by atoms with Gasteiger partial charge in [0.05, 0.1) is 5.39 Å². The third-order valence-corrected chi connectivity index (χ3v) is 6.31.